The molecule has 0 bridgehead atoms. The summed E-state index contributed by atoms with van der Waals surface area (Å²) >= 11 is 0. The van der Waals surface area contributed by atoms with Crippen LogP contribution in [0, 0.1) is 5.92 Å². The molecule has 0 N–H and O–H groups in total. The van der Waals surface area contributed by atoms with Gasteiger partial charge in [0.2, 0.25) is 0 Å². The molecule has 1 aromatic heterocycles. The van der Waals surface area contributed by atoms with Gasteiger partial charge < -0.3 is 4.74 Å². The van der Waals surface area contributed by atoms with E-state index in [0.717, 1.165) is 18.2 Å². The van der Waals surface area contributed by atoms with E-state index in [4.69, 9.17) is 4.74 Å². The molecule has 0 radical (unpaired) electrons. The van der Waals surface area contributed by atoms with Crippen molar-refractivity contribution in [2.24, 2.45) is 5.92 Å². The Hall–Kier alpha value is -0.890. The first-order chi connectivity index (χ1) is 5.95. The van der Waals surface area contributed by atoms with Crippen LogP contribution in [0.5, 0.6) is 0 Å². The van der Waals surface area contributed by atoms with Crippen molar-refractivity contribution in [2.45, 2.75) is 19.4 Å². The molecule has 0 aromatic carbocycles. The third-order valence-corrected chi connectivity index (χ3v) is 2.03. The van der Waals surface area contributed by atoms with Gasteiger partial charge in [0.15, 0.2) is 0 Å². The van der Waals surface area contributed by atoms with Crippen LogP contribution in [-0.4, -0.2) is 11.6 Å². The molecular formula is C10H13NO. The second-order valence-corrected chi connectivity index (χ2v) is 3.28. The number of hydrogen-bond acceptors (Lipinski definition) is 2. The maximum atomic E-state index is 5.48. The molecule has 1 heterocycles. The van der Waals surface area contributed by atoms with Crippen LogP contribution < -0.4 is 0 Å². The SMILES string of the molecule is c1ccc(COCC2CC2)nc1. The Morgan fingerprint density at radius 1 is 1.42 bits per heavy atom. The molecule has 2 heteroatoms. The molecule has 2 nitrogen and oxygen atoms in total. The van der Waals surface area contributed by atoms with Gasteiger partial charge in [-0.25, -0.2) is 0 Å². The lowest BCUT2D eigenvalue weighted by atomic mass is 10.4. The number of ether oxygens (including phenoxy) is 1. The summed E-state index contributed by atoms with van der Waals surface area (Å²) in [6.07, 6.45) is 4.50. The highest BCUT2D eigenvalue weighted by atomic mass is 16.5. The molecule has 0 aliphatic heterocycles. The molecule has 1 aliphatic rings. The molecule has 0 spiro atoms. The largest absolute Gasteiger partial charge is 0.375 e. The second-order valence-electron chi connectivity index (χ2n) is 3.28. The maximum Gasteiger partial charge on any atom is 0.0887 e. The van der Waals surface area contributed by atoms with Gasteiger partial charge in [-0.15, -0.1) is 0 Å². The van der Waals surface area contributed by atoms with Crippen LogP contribution >= 0.6 is 0 Å². The predicted molar refractivity (Wildman–Crippen MR) is 46.6 cm³/mol. The molecule has 1 fully saturated rings. The summed E-state index contributed by atoms with van der Waals surface area (Å²) < 4.78 is 5.48. The van der Waals surface area contributed by atoms with Crippen molar-refractivity contribution >= 4 is 0 Å². The first-order valence-electron chi connectivity index (χ1n) is 4.43. The van der Waals surface area contributed by atoms with Gasteiger partial charge in [-0.1, -0.05) is 6.07 Å². The monoisotopic (exact) mass is 163 g/mol. The maximum absolute atomic E-state index is 5.48. The van der Waals surface area contributed by atoms with E-state index in [2.05, 4.69) is 4.98 Å². The van der Waals surface area contributed by atoms with Crippen molar-refractivity contribution in [1.29, 1.82) is 0 Å². The molecule has 64 valence electrons. The standard InChI is InChI=1S/C10H13NO/c1-2-6-11-10(3-1)8-12-7-9-4-5-9/h1-3,6,9H,4-5,7-8H2. The Morgan fingerprint density at radius 2 is 2.33 bits per heavy atom. The molecule has 1 aromatic rings. The molecule has 2 rings (SSSR count). The Balaban J connectivity index is 1.72. The van der Waals surface area contributed by atoms with Crippen molar-refractivity contribution in [1.82, 2.24) is 4.98 Å². The zero-order valence-corrected chi connectivity index (χ0v) is 7.07. The lowest BCUT2D eigenvalue weighted by Crippen LogP contribution is -1.98. The highest BCUT2D eigenvalue weighted by Gasteiger charge is 2.20. The van der Waals surface area contributed by atoms with Gasteiger partial charge in [0.1, 0.15) is 0 Å². The minimum atomic E-state index is 0.664. The molecular weight excluding hydrogens is 150 g/mol. The third-order valence-electron chi connectivity index (χ3n) is 2.03. The molecule has 1 saturated carbocycles. The number of aromatic nitrogens is 1. The summed E-state index contributed by atoms with van der Waals surface area (Å²) in [5, 5.41) is 0. The predicted octanol–water partition coefficient (Wildman–Crippen LogP) is 2.01. The summed E-state index contributed by atoms with van der Waals surface area (Å²) in [5.41, 5.74) is 1.03. The van der Waals surface area contributed by atoms with Crippen LogP contribution in [0.1, 0.15) is 18.5 Å². The Morgan fingerprint density at radius 3 is 3.00 bits per heavy atom. The first-order valence-corrected chi connectivity index (χ1v) is 4.43. The van der Waals surface area contributed by atoms with E-state index in [9.17, 15) is 0 Å². The van der Waals surface area contributed by atoms with Crippen molar-refractivity contribution in [2.75, 3.05) is 6.61 Å². The van der Waals surface area contributed by atoms with Gasteiger partial charge in [0, 0.05) is 12.8 Å². The van der Waals surface area contributed by atoms with Crippen LogP contribution in [0.15, 0.2) is 24.4 Å². The lowest BCUT2D eigenvalue weighted by Gasteiger charge is -2.00. The van der Waals surface area contributed by atoms with Gasteiger partial charge >= 0.3 is 0 Å². The Kier molecular flexibility index (Phi) is 2.37. The summed E-state index contributed by atoms with van der Waals surface area (Å²) in [7, 11) is 0. The lowest BCUT2D eigenvalue weighted by molar-refractivity contribution is 0.109. The fourth-order valence-electron chi connectivity index (χ4n) is 1.10. The fourth-order valence-corrected chi connectivity index (χ4v) is 1.10. The second kappa shape index (κ2) is 3.68. The summed E-state index contributed by atoms with van der Waals surface area (Å²) in [5.74, 6) is 0.841. The minimum absolute atomic E-state index is 0.664. The van der Waals surface area contributed by atoms with Crippen molar-refractivity contribution < 1.29 is 4.74 Å². The van der Waals surface area contributed by atoms with Gasteiger partial charge in [0.05, 0.1) is 12.3 Å². The van der Waals surface area contributed by atoms with Crippen LogP contribution in [0.2, 0.25) is 0 Å². The topological polar surface area (TPSA) is 22.1 Å². The van der Waals surface area contributed by atoms with Gasteiger partial charge in [-0.2, -0.15) is 0 Å². The van der Waals surface area contributed by atoms with Gasteiger partial charge in [-0.3, -0.25) is 4.98 Å². The van der Waals surface area contributed by atoms with E-state index in [0.29, 0.717) is 6.61 Å². The number of hydrogen-bond donors (Lipinski definition) is 0. The number of pyridine rings is 1. The average molecular weight is 163 g/mol. The first kappa shape index (κ1) is 7.74. The van der Waals surface area contributed by atoms with E-state index in [1.165, 1.54) is 12.8 Å². The van der Waals surface area contributed by atoms with Crippen LogP contribution in [-0.2, 0) is 11.3 Å². The zero-order chi connectivity index (χ0) is 8.23. The van der Waals surface area contributed by atoms with Crippen LogP contribution in [0.25, 0.3) is 0 Å². The van der Waals surface area contributed by atoms with Crippen LogP contribution in [0.4, 0.5) is 0 Å². The van der Waals surface area contributed by atoms with E-state index in [1.807, 2.05) is 18.2 Å². The van der Waals surface area contributed by atoms with E-state index < -0.39 is 0 Å². The van der Waals surface area contributed by atoms with Crippen molar-refractivity contribution in [3.05, 3.63) is 30.1 Å². The van der Waals surface area contributed by atoms with Gasteiger partial charge in [-0.05, 0) is 30.9 Å². The molecule has 0 unspecified atom stereocenters. The highest BCUT2D eigenvalue weighted by molar-refractivity contribution is 5.01. The van der Waals surface area contributed by atoms with E-state index in [1.54, 1.807) is 6.20 Å². The minimum Gasteiger partial charge on any atom is -0.375 e. The molecule has 0 amide bonds. The molecule has 12 heavy (non-hydrogen) atoms. The quantitative estimate of drug-likeness (QED) is 0.677. The Labute approximate surface area is 72.6 Å². The summed E-state index contributed by atoms with van der Waals surface area (Å²) in [4.78, 5) is 4.17. The van der Waals surface area contributed by atoms with E-state index >= 15 is 0 Å². The van der Waals surface area contributed by atoms with Gasteiger partial charge in [0.25, 0.3) is 0 Å². The molecule has 0 atom stereocenters. The molecule has 0 saturated heterocycles. The zero-order valence-electron chi connectivity index (χ0n) is 7.07. The summed E-state index contributed by atoms with van der Waals surface area (Å²) in [6, 6.07) is 5.90. The summed E-state index contributed by atoms with van der Waals surface area (Å²) in [6.45, 7) is 1.58. The smallest absolute Gasteiger partial charge is 0.0887 e. The highest BCUT2D eigenvalue weighted by Crippen LogP contribution is 2.28. The molecule has 1 aliphatic carbocycles. The number of nitrogens with zero attached hydrogens (tertiary/aromatic N) is 1. The Bertz CT molecular complexity index is 231. The third kappa shape index (κ3) is 2.31. The average Bonchev–Trinajstić information content (AvgIpc) is 2.90. The van der Waals surface area contributed by atoms with E-state index in [-0.39, 0.29) is 0 Å². The van der Waals surface area contributed by atoms with Crippen LogP contribution in [0.3, 0.4) is 0 Å². The van der Waals surface area contributed by atoms with Crippen molar-refractivity contribution in [3.8, 4) is 0 Å². The number of rotatable bonds is 4. The van der Waals surface area contributed by atoms with Crippen molar-refractivity contribution in [3.63, 3.8) is 0 Å². The fraction of sp³-hybridized carbons (Fsp3) is 0.500. The normalized spacial score (nSPS) is 16.3.